The molecule has 0 saturated carbocycles. The second kappa shape index (κ2) is 3.58. The van der Waals surface area contributed by atoms with Crippen LogP contribution in [0.2, 0.25) is 5.02 Å². The van der Waals surface area contributed by atoms with Crippen LogP contribution in [0.3, 0.4) is 0 Å². The largest absolute Gasteiger partial charge is 0.299 e. The monoisotopic (exact) mass is 306 g/mol. The van der Waals surface area contributed by atoms with Crippen LogP contribution >= 0.6 is 34.2 Å². The van der Waals surface area contributed by atoms with Crippen molar-refractivity contribution < 1.29 is 4.79 Å². The van der Waals surface area contributed by atoms with Gasteiger partial charge in [0.1, 0.15) is 5.78 Å². The molecule has 1 nitrogen and oxygen atoms in total. The number of fused-ring (bicyclic) bond motifs is 1. The molecular weight excluding hydrogens is 298 g/mol. The Balaban J connectivity index is 2.53. The van der Waals surface area contributed by atoms with Crippen LogP contribution in [-0.2, 0) is 17.6 Å². The summed E-state index contributed by atoms with van der Waals surface area (Å²) >= 11 is 8.24. The number of ketones is 1. The van der Waals surface area contributed by atoms with Gasteiger partial charge in [-0.2, -0.15) is 0 Å². The Labute approximate surface area is 95.6 Å². The fourth-order valence-corrected chi connectivity index (χ4v) is 2.61. The molecule has 0 aliphatic heterocycles. The highest BCUT2D eigenvalue weighted by atomic mass is 127. The Morgan fingerprint density at radius 1 is 1.31 bits per heavy atom. The summed E-state index contributed by atoms with van der Waals surface area (Å²) in [7, 11) is 0. The van der Waals surface area contributed by atoms with E-state index in [9.17, 15) is 4.79 Å². The zero-order valence-electron chi connectivity index (χ0n) is 6.94. The van der Waals surface area contributed by atoms with Crippen LogP contribution in [0.4, 0.5) is 0 Å². The predicted octanol–water partition coefficient (Wildman–Crippen LogP) is 3.00. The van der Waals surface area contributed by atoms with E-state index < -0.39 is 0 Å². The van der Waals surface area contributed by atoms with Gasteiger partial charge >= 0.3 is 0 Å². The van der Waals surface area contributed by atoms with Gasteiger partial charge in [-0.25, -0.2) is 0 Å². The number of carbonyl (C=O) groups excluding carboxylic acids is 1. The summed E-state index contributed by atoms with van der Waals surface area (Å²) in [5, 5.41) is 0.800. The molecule has 1 aliphatic carbocycles. The Hall–Kier alpha value is -0.0900. The highest BCUT2D eigenvalue weighted by molar-refractivity contribution is 14.1. The van der Waals surface area contributed by atoms with E-state index in [1.807, 2.05) is 12.1 Å². The molecule has 2 rings (SSSR count). The molecule has 0 amide bonds. The van der Waals surface area contributed by atoms with Crippen LogP contribution < -0.4 is 0 Å². The molecule has 3 heteroatoms. The Bertz CT molecular complexity index is 373. The Morgan fingerprint density at radius 3 is 2.85 bits per heavy atom. The minimum Gasteiger partial charge on any atom is -0.299 e. The molecule has 0 saturated heterocycles. The van der Waals surface area contributed by atoms with Gasteiger partial charge in [0.25, 0.3) is 0 Å². The fraction of sp³-hybridized carbons (Fsp3) is 0.300. The molecule has 0 spiro atoms. The first-order valence-electron chi connectivity index (χ1n) is 4.16. The Morgan fingerprint density at radius 2 is 2.08 bits per heavy atom. The van der Waals surface area contributed by atoms with Gasteiger partial charge in [0.05, 0.1) is 5.02 Å². The quantitative estimate of drug-likeness (QED) is 0.674. The molecule has 13 heavy (non-hydrogen) atoms. The zero-order chi connectivity index (χ0) is 9.42. The zero-order valence-corrected chi connectivity index (χ0v) is 9.85. The van der Waals surface area contributed by atoms with Crippen molar-refractivity contribution in [3.63, 3.8) is 0 Å². The van der Waals surface area contributed by atoms with Crippen molar-refractivity contribution in [2.75, 3.05) is 0 Å². The molecule has 0 unspecified atom stereocenters. The smallest absolute Gasteiger partial charge is 0.137 e. The van der Waals surface area contributed by atoms with Crippen molar-refractivity contribution in [2.45, 2.75) is 19.3 Å². The minimum atomic E-state index is 0.339. The molecule has 68 valence electrons. The third-order valence-corrected chi connectivity index (χ3v) is 4.20. The van der Waals surface area contributed by atoms with E-state index in [4.69, 9.17) is 11.6 Å². The number of benzene rings is 1. The lowest BCUT2D eigenvalue weighted by molar-refractivity contribution is -0.118. The van der Waals surface area contributed by atoms with Crippen LogP contribution in [-0.4, -0.2) is 5.78 Å². The predicted molar refractivity (Wildman–Crippen MR) is 61.2 cm³/mol. The molecule has 1 aromatic rings. The van der Waals surface area contributed by atoms with Crippen molar-refractivity contribution in [1.82, 2.24) is 0 Å². The first-order chi connectivity index (χ1) is 6.18. The average Bonchev–Trinajstić information content (AvgIpc) is 2.12. The summed E-state index contributed by atoms with van der Waals surface area (Å²) in [5.74, 6) is 0.339. The third-order valence-electron chi connectivity index (χ3n) is 2.33. The van der Waals surface area contributed by atoms with E-state index in [0.29, 0.717) is 18.6 Å². The number of Topliss-reactive ketones (excluding diaryl/α,β-unsaturated/α-hetero) is 1. The molecule has 0 fully saturated rings. The lowest BCUT2D eigenvalue weighted by Gasteiger charge is -2.16. The number of rotatable bonds is 0. The molecule has 0 atom stereocenters. The van der Waals surface area contributed by atoms with Crippen LogP contribution in [0.5, 0.6) is 0 Å². The van der Waals surface area contributed by atoms with Crippen molar-refractivity contribution in [2.24, 2.45) is 0 Å². The highest BCUT2D eigenvalue weighted by Crippen LogP contribution is 2.29. The number of hydrogen-bond donors (Lipinski definition) is 0. The normalized spacial score (nSPS) is 15.7. The van der Waals surface area contributed by atoms with E-state index >= 15 is 0 Å². The van der Waals surface area contributed by atoms with Crippen molar-refractivity contribution >= 4 is 40.0 Å². The van der Waals surface area contributed by atoms with E-state index in [2.05, 4.69) is 22.6 Å². The van der Waals surface area contributed by atoms with Gasteiger partial charge < -0.3 is 0 Å². The lowest BCUT2D eigenvalue weighted by Crippen LogP contribution is -2.14. The maximum Gasteiger partial charge on any atom is 0.137 e. The molecular formula is C10H8ClIO. The molecule has 0 radical (unpaired) electrons. The highest BCUT2D eigenvalue weighted by Gasteiger charge is 2.18. The molecule has 0 N–H and O–H groups in total. The summed E-state index contributed by atoms with van der Waals surface area (Å²) in [6, 6.07) is 3.84. The molecule has 0 aromatic heterocycles. The molecule has 0 bridgehead atoms. The molecule has 1 aliphatic rings. The van der Waals surface area contributed by atoms with Crippen LogP contribution in [0.25, 0.3) is 0 Å². The first-order valence-corrected chi connectivity index (χ1v) is 5.61. The van der Waals surface area contributed by atoms with Crippen molar-refractivity contribution in [3.05, 3.63) is 31.9 Å². The van der Waals surface area contributed by atoms with Gasteiger partial charge in [0.2, 0.25) is 0 Å². The van der Waals surface area contributed by atoms with Crippen molar-refractivity contribution in [1.29, 1.82) is 0 Å². The minimum absolute atomic E-state index is 0.339. The summed E-state index contributed by atoms with van der Waals surface area (Å²) in [6.07, 6.45) is 2.11. The number of carbonyl (C=O) groups is 1. The first kappa shape index (κ1) is 9.46. The summed E-state index contributed by atoms with van der Waals surface area (Å²) < 4.78 is 1.12. The average molecular weight is 307 g/mol. The van der Waals surface area contributed by atoms with Gasteiger partial charge in [0.15, 0.2) is 0 Å². The van der Waals surface area contributed by atoms with E-state index in [-0.39, 0.29) is 0 Å². The second-order valence-corrected chi connectivity index (χ2v) is 4.70. The van der Waals surface area contributed by atoms with E-state index in [0.717, 1.165) is 20.6 Å². The van der Waals surface area contributed by atoms with Crippen molar-refractivity contribution in [3.8, 4) is 0 Å². The topological polar surface area (TPSA) is 17.1 Å². The van der Waals surface area contributed by atoms with Gasteiger partial charge in [-0.15, -0.1) is 0 Å². The summed E-state index contributed by atoms with van der Waals surface area (Å²) in [4.78, 5) is 11.2. The lowest BCUT2D eigenvalue weighted by atomic mass is 9.91. The third kappa shape index (κ3) is 1.74. The van der Waals surface area contributed by atoms with Gasteiger partial charge in [-0.3, -0.25) is 4.79 Å². The Kier molecular flexibility index (Phi) is 2.60. The van der Waals surface area contributed by atoms with Crippen LogP contribution in [0.15, 0.2) is 12.1 Å². The molecule has 0 heterocycles. The fourth-order valence-electron chi connectivity index (χ4n) is 1.63. The number of hydrogen-bond acceptors (Lipinski definition) is 1. The molecule has 1 aromatic carbocycles. The van der Waals surface area contributed by atoms with E-state index in [1.165, 1.54) is 5.56 Å². The van der Waals surface area contributed by atoms with E-state index in [1.54, 1.807) is 0 Å². The van der Waals surface area contributed by atoms with Crippen LogP contribution in [0, 0.1) is 3.57 Å². The van der Waals surface area contributed by atoms with Gasteiger partial charge in [-0.1, -0.05) is 17.7 Å². The van der Waals surface area contributed by atoms with Crippen LogP contribution in [0.1, 0.15) is 17.5 Å². The maximum atomic E-state index is 11.2. The number of halogens is 2. The SMILES string of the molecule is O=C1CCc2c(ccc(Cl)c2I)C1. The summed E-state index contributed by atoms with van der Waals surface area (Å²) in [6.45, 7) is 0. The maximum absolute atomic E-state index is 11.2. The van der Waals surface area contributed by atoms with Gasteiger partial charge in [-0.05, 0) is 46.2 Å². The summed E-state index contributed by atoms with van der Waals surface area (Å²) in [5.41, 5.74) is 2.43. The van der Waals surface area contributed by atoms with Gasteiger partial charge in [0, 0.05) is 16.4 Å². The second-order valence-electron chi connectivity index (χ2n) is 3.21. The standard InChI is InChI=1S/C10H8ClIO/c11-9-4-1-6-5-7(13)2-3-8(6)10(9)12/h1,4H,2-3,5H2.